The van der Waals surface area contributed by atoms with Crippen molar-refractivity contribution in [3.63, 3.8) is 0 Å². The molecular weight excluding hydrogens is 308 g/mol. The molecule has 0 spiro atoms. The third kappa shape index (κ3) is 3.17. The van der Waals surface area contributed by atoms with Crippen LogP contribution in [0.5, 0.6) is 0 Å². The van der Waals surface area contributed by atoms with Gasteiger partial charge >= 0.3 is 0 Å². The minimum absolute atomic E-state index is 0.146. The topological polar surface area (TPSA) is 51.0 Å². The van der Waals surface area contributed by atoms with Crippen molar-refractivity contribution in [1.82, 2.24) is 19.7 Å². The summed E-state index contributed by atoms with van der Waals surface area (Å²) in [5.74, 6) is 0.196. The first-order chi connectivity index (χ1) is 11.0. The highest BCUT2D eigenvalue weighted by atomic mass is 32.1. The molecule has 2 aromatic rings. The summed E-state index contributed by atoms with van der Waals surface area (Å²) >= 11 is 1.67. The Balaban J connectivity index is 1.81. The van der Waals surface area contributed by atoms with Gasteiger partial charge in [0, 0.05) is 35.9 Å². The summed E-state index contributed by atoms with van der Waals surface area (Å²) in [6.45, 7) is 6.85. The van der Waals surface area contributed by atoms with Crippen LogP contribution in [0.4, 0.5) is 0 Å². The molecule has 1 aliphatic rings. The minimum atomic E-state index is 0.146. The summed E-state index contributed by atoms with van der Waals surface area (Å²) in [5.41, 5.74) is 4.14. The zero-order valence-corrected chi connectivity index (χ0v) is 15.1. The van der Waals surface area contributed by atoms with Crippen molar-refractivity contribution in [2.75, 3.05) is 6.54 Å². The number of hydrogen-bond donors (Lipinski definition) is 0. The van der Waals surface area contributed by atoms with E-state index in [2.05, 4.69) is 15.5 Å². The van der Waals surface area contributed by atoms with Gasteiger partial charge in [0.2, 0.25) is 5.91 Å². The Hall–Kier alpha value is -1.69. The fourth-order valence-electron chi connectivity index (χ4n) is 3.34. The largest absolute Gasteiger partial charge is 0.333 e. The molecule has 23 heavy (non-hydrogen) atoms. The molecule has 0 N–H and O–H groups in total. The molecule has 6 heteroatoms. The molecule has 1 saturated heterocycles. The number of carbonyl (C=O) groups excluding carboxylic acids is 1. The van der Waals surface area contributed by atoms with Crippen LogP contribution >= 0.6 is 11.3 Å². The highest BCUT2D eigenvalue weighted by molar-refractivity contribution is 7.09. The van der Waals surface area contributed by atoms with Gasteiger partial charge in [0.05, 0.1) is 18.2 Å². The standard InChI is InChI=1S/C17H24N4OS/c1-11-10-23-17(18-11)15-7-5-6-8-21(15)16(22)9-14-12(2)19-20(4)13(14)3/h10,15H,5-9H2,1-4H3/t15-/m1/s1. The number of amides is 1. The van der Waals surface area contributed by atoms with Gasteiger partial charge in [-0.25, -0.2) is 4.98 Å². The highest BCUT2D eigenvalue weighted by Gasteiger charge is 2.30. The maximum absolute atomic E-state index is 12.9. The number of aromatic nitrogens is 3. The van der Waals surface area contributed by atoms with Crippen LogP contribution in [-0.4, -0.2) is 32.1 Å². The van der Waals surface area contributed by atoms with Gasteiger partial charge < -0.3 is 4.90 Å². The lowest BCUT2D eigenvalue weighted by molar-refractivity contribution is -0.134. The SMILES string of the molecule is Cc1csc([C@H]2CCCCN2C(=O)Cc2c(C)nn(C)c2C)n1. The van der Waals surface area contributed by atoms with E-state index >= 15 is 0 Å². The summed E-state index contributed by atoms with van der Waals surface area (Å²) in [4.78, 5) is 19.6. The second-order valence-electron chi connectivity index (χ2n) is 6.38. The number of thiazole rings is 1. The van der Waals surface area contributed by atoms with Crippen LogP contribution in [0.15, 0.2) is 5.38 Å². The van der Waals surface area contributed by atoms with Crippen molar-refractivity contribution in [2.45, 2.75) is 52.5 Å². The van der Waals surface area contributed by atoms with Crippen molar-refractivity contribution < 1.29 is 4.79 Å². The quantitative estimate of drug-likeness (QED) is 0.868. The first-order valence-electron chi connectivity index (χ1n) is 8.18. The third-order valence-electron chi connectivity index (χ3n) is 4.73. The second kappa shape index (κ2) is 6.43. The van der Waals surface area contributed by atoms with Gasteiger partial charge in [0.25, 0.3) is 0 Å². The number of likely N-dealkylation sites (tertiary alicyclic amines) is 1. The molecule has 0 unspecified atom stereocenters. The molecule has 1 atom stereocenters. The third-order valence-corrected chi connectivity index (χ3v) is 5.80. The smallest absolute Gasteiger partial charge is 0.227 e. The number of piperidine rings is 1. The Morgan fingerprint density at radius 3 is 2.74 bits per heavy atom. The summed E-state index contributed by atoms with van der Waals surface area (Å²) < 4.78 is 1.86. The molecule has 1 amide bonds. The Bertz CT molecular complexity index is 718. The first kappa shape index (κ1) is 16.2. The van der Waals surface area contributed by atoms with Crippen LogP contribution in [0.3, 0.4) is 0 Å². The van der Waals surface area contributed by atoms with E-state index in [0.29, 0.717) is 6.42 Å². The molecule has 2 aromatic heterocycles. The molecule has 3 rings (SSSR count). The van der Waals surface area contributed by atoms with E-state index in [4.69, 9.17) is 0 Å². The van der Waals surface area contributed by atoms with Crippen LogP contribution in [0.1, 0.15) is 53.0 Å². The maximum atomic E-state index is 12.9. The number of rotatable bonds is 3. The average Bonchev–Trinajstić information content (AvgIpc) is 3.06. The fourth-order valence-corrected chi connectivity index (χ4v) is 4.28. The Morgan fingerprint density at radius 1 is 1.35 bits per heavy atom. The molecule has 1 aliphatic heterocycles. The fraction of sp³-hybridized carbons (Fsp3) is 0.588. The van der Waals surface area contributed by atoms with Gasteiger partial charge in [-0.05, 0) is 40.0 Å². The van der Waals surface area contributed by atoms with Gasteiger partial charge in [-0.15, -0.1) is 11.3 Å². The Labute approximate surface area is 141 Å². The molecule has 124 valence electrons. The monoisotopic (exact) mass is 332 g/mol. The zero-order valence-electron chi connectivity index (χ0n) is 14.3. The predicted molar refractivity (Wildman–Crippen MR) is 91.5 cm³/mol. The van der Waals surface area contributed by atoms with E-state index in [1.165, 1.54) is 0 Å². The normalized spacial score (nSPS) is 18.4. The van der Waals surface area contributed by atoms with E-state index in [1.807, 2.05) is 37.4 Å². The molecule has 1 fully saturated rings. The molecule has 0 bridgehead atoms. The van der Waals surface area contributed by atoms with E-state index < -0.39 is 0 Å². The molecule has 0 radical (unpaired) electrons. The van der Waals surface area contributed by atoms with Gasteiger partial charge in [0.1, 0.15) is 5.01 Å². The van der Waals surface area contributed by atoms with Crippen molar-refractivity contribution in [1.29, 1.82) is 0 Å². The van der Waals surface area contributed by atoms with E-state index in [0.717, 1.165) is 53.5 Å². The first-order valence-corrected chi connectivity index (χ1v) is 9.06. The Kier molecular flexibility index (Phi) is 4.53. The van der Waals surface area contributed by atoms with Crippen LogP contribution in [0.2, 0.25) is 0 Å². The van der Waals surface area contributed by atoms with Gasteiger partial charge in [0.15, 0.2) is 0 Å². The minimum Gasteiger partial charge on any atom is -0.333 e. The average molecular weight is 332 g/mol. The van der Waals surface area contributed by atoms with E-state index in [9.17, 15) is 4.79 Å². The van der Waals surface area contributed by atoms with E-state index in [1.54, 1.807) is 11.3 Å². The maximum Gasteiger partial charge on any atom is 0.227 e. The molecular formula is C17H24N4OS. The Morgan fingerprint density at radius 2 is 2.13 bits per heavy atom. The van der Waals surface area contributed by atoms with Gasteiger partial charge in [-0.2, -0.15) is 5.10 Å². The summed E-state index contributed by atoms with van der Waals surface area (Å²) in [6, 6.07) is 0.146. The number of nitrogens with zero attached hydrogens (tertiary/aromatic N) is 4. The van der Waals surface area contributed by atoms with Crippen LogP contribution in [0.25, 0.3) is 0 Å². The second-order valence-corrected chi connectivity index (χ2v) is 7.27. The van der Waals surface area contributed by atoms with Crippen LogP contribution in [0, 0.1) is 20.8 Å². The molecule has 5 nitrogen and oxygen atoms in total. The highest BCUT2D eigenvalue weighted by Crippen LogP contribution is 2.33. The van der Waals surface area contributed by atoms with Crippen LogP contribution < -0.4 is 0 Å². The molecule has 0 aliphatic carbocycles. The summed E-state index contributed by atoms with van der Waals surface area (Å²) in [7, 11) is 1.93. The lowest BCUT2D eigenvalue weighted by atomic mass is 10.0. The van der Waals surface area contributed by atoms with Crippen LogP contribution in [-0.2, 0) is 18.3 Å². The van der Waals surface area contributed by atoms with Crippen molar-refractivity contribution in [3.05, 3.63) is 33.0 Å². The number of aryl methyl sites for hydroxylation is 3. The van der Waals surface area contributed by atoms with Gasteiger partial charge in [-0.1, -0.05) is 0 Å². The lowest BCUT2D eigenvalue weighted by Crippen LogP contribution is -2.39. The summed E-state index contributed by atoms with van der Waals surface area (Å²) in [5, 5.41) is 7.58. The number of carbonyl (C=O) groups is 1. The molecule has 0 aromatic carbocycles. The van der Waals surface area contributed by atoms with Crippen molar-refractivity contribution in [3.8, 4) is 0 Å². The number of hydrogen-bond acceptors (Lipinski definition) is 4. The zero-order chi connectivity index (χ0) is 16.6. The summed E-state index contributed by atoms with van der Waals surface area (Å²) in [6.07, 6.45) is 3.70. The molecule has 0 saturated carbocycles. The lowest BCUT2D eigenvalue weighted by Gasteiger charge is -2.34. The van der Waals surface area contributed by atoms with Crippen molar-refractivity contribution >= 4 is 17.2 Å². The van der Waals surface area contributed by atoms with Crippen molar-refractivity contribution in [2.24, 2.45) is 7.05 Å². The molecule has 3 heterocycles. The van der Waals surface area contributed by atoms with E-state index in [-0.39, 0.29) is 11.9 Å². The van der Waals surface area contributed by atoms with Gasteiger partial charge in [-0.3, -0.25) is 9.48 Å². The predicted octanol–water partition coefficient (Wildman–Crippen LogP) is 3.10.